The molecule has 1 aliphatic rings. The predicted molar refractivity (Wildman–Crippen MR) is 82.8 cm³/mol. The molecule has 17 heavy (non-hydrogen) atoms. The van der Waals surface area contributed by atoms with Crippen LogP contribution in [0.5, 0.6) is 0 Å². The smallest absolute Gasteiger partial charge is 0.00196 e. The van der Waals surface area contributed by atoms with E-state index in [0.717, 1.165) is 5.92 Å². The fourth-order valence-corrected chi connectivity index (χ4v) is 1.57. The predicted octanol–water partition coefficient (Wildman–Crippen LogP) is 4.06. The van der Waals surface area contributed by atoms with Gasteiger partial charge in [0.1, 0.15) is 0 Å². The molecule has 0 aromatic carbocycles. The van der Waals surface area contributed by atoms with Crippen molar-refractivity contribution in [3.05, 3.63) is 0 Å². The molecule has 0 atom stereocenters. The SMILES string of the molecule is CC.CC.CC.CCCNCC1CCNCC1. The van der Waals surface area contributed by atoms with Crippen LogP contribution in [0.15, 0.2) is 0 Å². The molecule has 0 radical (unpaired) electrons. The zero-order chi connectivity index (χ0) is 13.9. The Hall–Kier alpha value is -0.0800. The number of rotatable bonds is 4. The summed E-state index contributed by atoms with van der Waals surface area (Å²) in [4.78, 5) is 0. The standard InChI is InChI=1S/C9H20N2.3C2H6/c1-2-5-11-8-9-3-6-10-7-4-9;3*1-2/h9-11H,2-8H2,1H3;3*1-2H3. The molecule has 1 fully saturated rings. The van der Waals surface area contributed by atoms with Gasteiger partial charge in [0.15, 0.2) is 0 Å². The lowest BCUT2D eigenvalue weighted by Crippen LogP contribution is -2.33. The van der Waals surface area contributed by atoms with E-state index in [2.05, 4.69) is 17.6 Å². The Morgan fingerprint density at radius 1 is 0.941 bits per heavy atom. The van der Waals surface area contributed by atoms with Gasteiger partial charge in [-0.1, -0.05) is 48.5 Å². The molecule has 2 N–H and O–H groups in total. The molecule has 0 bridgehead atoms. The number of hydrogen-bond donors (Lipinski definition) is 2. The van der Waals surface area contributed by atoms with Gasteiger partial charge in [0.2, 0.25) is 0 Å². The topological polar surface area (TPSA) is 24.1 Å². The van der Waals surface area contributed by atoms with Gasteiger partial charge in [-0.15, -0.1) is 0 Å². The lowest BCUT2D eigenvalue weighted by molar-refractivity contribution is 0.357. The van der Waals surface area contributed by atoms with Crippen LogP contribution in [-0.2, 0) is 0 Å². The summed E-state index contributed by atoms with van der Waals surface area (Å²) in [6.07, 6.45) is 3.97. The fraction of sp³-hybridized carbons (Fsp3) is 1.00. The molecular formula is C15H38N2. The summed E-state index contributed by atoms with van der Waals surface area (Å²) in [7, 11) is 0. The van der Waals surface area contributed by atoms with E-state index in [1.165, 1.54) is 45.4 Å². The zero-order valence-electron chi connectivity index (χ0n) is 13.5. The van der Waals surface area contributed by atoms with Crippen LogP contribution in [0.1, 0.15) is 67.7 Å². The summed E-state index contributed by atoms with van der Waals surface area (Å²) in [5.41, 5.74) is 0. The van der Waals surface area contributed by atoms with Crippen molar-refractivity contribution in [3.8, 4) is 0 Å². The van der Waals surface area contributed by atoms with E-state index in [9.17, 15) is 0 Å². The maximum Gasteiger partial charge on any atom is -0.00196 e. The summed E-state index contributed by atoms with van der Waals surface area (Å²) < 4.78 is 0. The number of nitrogens with one attached hydrogen (secondary N) is 2. The maximum absolute atomic E-state index is 3.48. The minimum Gasteiger partial charge on any atom is -0.317 e. The molecule has 1 heterocycles. The van der Waals surface area contributed by atoms with Gasteiger partial charge in [-0.05, 0) is 51.4 Å². The Labute approximate surface area is 111 Å². The van der Waals surface area contributed by atoms with Crippen molar-refractivity contribution >= 4 is 0 Å². The summed E-state index contributed by atoms with van der Waals surface area (Å²) in [6.45, 7) is 19.1. The Morgan fingerprint density at radius 2 is 1.41 bits per heavy atom. The van der Waals surface area contributed by atoms with Crippen LogP contribution in [0, 0.1) is 5.92 Å². The lowest BCUT2D eigenvalue weighted by Gasteiger charge is -2.22. The molecule has 0 spiro atoms. The van der Waals surface area contributed by atoms with Crippen LogP contribution < -0.4 is 10.6 Å². The van der Waals surface area contributed by atoms with Gasteiger partial charge in [0.25, 0.3) is 0 Å². The second-order valence-electron chi connectivity index (χ2n) is 3.40. The second kappa shape index (κ2) is 24.9. The fourth-order valence-electron chi connectivity index (χ4n) is 1.57. The Bertz CT molecular complexity index is 88.9. The molecular weight excluding hydrogens is 208 g/mol. The number of hydrogen-bond acceptors (Lipinski definition) is 2. The van der Waals surface area contributed by atoms with Crippen LogP contribution in [0.25, 0.3) is 0 Å². The highest BCUT2D eigenvalue weighted by atomic mass is 14.9. The molecule has 0 aliphatic carbocycles. The van der Waals surface area contributed by atoms with Crippen molar-refractivity contribution in [2.45, 2.75) is 67.7 Å². The molecule has 1 aliphatic heterocycles. The van der Waals surface area contributed by atoms with Crippen molar-refractivity contribution < 1.29 is 0 Å². The van der Waals surface area contributed by atoms with E-state index in [1.807, 2.05) is 41.5 Å². The quantitative estimate of drug-likeness (QED) is 0.731. The first kappa shape index (κ1) is 22.1. The average Bonchev–Trinajstić information content (AvgIpc) is 2.47. The van der Waals surface area contributed by atoms with Crippen LogP contribution in [0.2, 0.25) is 0 Å². The first-order valence-electron chi connectivity index (χ1n) is 7.85. The zero-order valence-corrected chi connectivity index (χ0v) is 13.5. The largest absolute Gasteiger partial charge is 0.317 e. The highest BCUT2D eigenvalue weighted by molar-refractivity contribution is 4.69. The lowest BCUT2D eigenvalue weighted by atomic mass is 9.98. The van der Waals surface area contributed by atoms with Crippen molar-refractivity contribution in [2.75, 3.05) is 26.2 Å². The highest BCUT2D eigenvalue weighted by Gasteiger charge is 2.11. The van der Waals surface area contributed by atoms with E-state index < -0.39 is 0 Å². The summed E-state index contributed by atoms with van der Waals surface area (Å²) in [5, 5.41) is 6.85. The van der Waals surface area contributed by atoms with Crippen molar-refractivity contribution in [1.29, 1.82) is 0 Å². The minimum atomic E-state index is 0.933. The van der Waals surface area contributed by atoms with Gasteiger partial charge in [-0.25, -0.2) is 0 Å². The minimum absolute atomic E-state index is 0.933. The normalized spacial score (nSPS) is 14.3. The van der Waals surface area contributed by atoms with E-state index in [0.29, 0.717) is 0 Å². The van der Waals surface area contributed by atoms with Crippen LogP contribution in [0.4, 0.5) is 0 Å². The average molecular weight is 246 g/mol. The molecule has 0 saturated carbocycles. The van der Waals surface area contributed by atoms with E-state index in [4.69, 9.17) is 0 Å². The molecule has 1 rings (SSSR count). The van der Waals surface area contributed by atoms with Gasteiger partial charge in [-0.3, -0.25) is 0 Å². The van der Waals surface area contributed by atoms with E-state index in [-0.39, 0.29) is 0 Å². The molecule has 0 unspecified atom stereocenters. The summed E-state index contributed by atoms with van der Waals surface area (Å²) in [5.74, 6) is 0.933. The molecule has 1 saturated heterocycles. The van der Waals surface area contributed by atoms with Gasteiger partial charge in [-0.2, -0.15) is 0 Å². The van der Waals surface area contributed by atoms with E-state index >= 15 is 0 Å². The maximum atomic E-state index is 3.48. The van der Waals surface area contributed by atoms with Crippen molar-refractivity contribution in [2.24, 2.45) is 5.92 Å². The third kappa shape index (κ3) is 18.5. The highest BCUT2D eigenvalue weighted by Crippen LogP contribution is 2.09. The third-order valence-corrected chi connectivity index (χ3v) is 2.32. The van der Waals surface area contributed by atoms with Gasteiger partial charge in [0.05, 0.1) is 0 Å². The van der Waals surface area contributed by atoms with Crippen LogP contribution in [-0.4, -0.2) is 26.2 Å². The molecule has 0 amide bonds. The Morgan fingerprint density at radius 3 is 1.82 bits per heavy atom. The van der Waals surface area contributed by atoms with Crippen molar-refractivity contribution in [3.63, 3.8) is 0 Å². The first-order chi connectivity index (χ1) is 8.43. The molecule has 108 valence electrons. The Balaban J connectivity index is -0.000000285. The van der Waals surface area contributed by atoms with Crippen LogP contribution >= 0.6 is 0 Å². The Kier molecular flexibility index (Phi) is 32.5. The summed E-state index contributed by atoms with van der Waals surface area (Å²) in [6, 6.07) is 0. The van der Waals surface area contributed by atoms with Crippen LogP contribution in [0.3, 0.4) is 0 Å². The monoisotopic (exact) mass is 246 g/mol. The first-order valence-corrected chi connectivity index (χ1v) is 7.85. The van der Waals surface area contributed by atoms with Gasteiger partial charge >= 0.3 is 0 Å². The van der Waals surface area contributed by atoms with E-state index in [1.54, 1.807) is 0 Å². The molecule has 0 aromatic rings. The molecule has 2 heteroatoms. The molecule has 0 aromatic heterocycles. The van der Waals surface area contributed by atoms with Crippen molar-refractivity contribution in [1.82, 2.24) is 10.6 Å². The number of piperidine rings is 1. The third-order valence-electron chi connectivity index (χ3n) is 2.32. The van der Waals surface area contributed by atoms with Gasteiger partial charge in [0, 0.05) is 0 Å². The molecule has 2 nitrogen and oxygen atoms in total. The van der Waals surface area contributed by atoms with Gasteiger partial charge < -0.3 is 10.6 Å². The summed E-state index contributed by atoms with van der Waals surface area (Å²) >= 11 is 0. The second-order valence-corrected chi connectivity index (χ2v) is 3.40.